The molecule has 0 spiro atoms. The number of nitrogen functional groups attached to an aromatic ring is 1. The lowest BCUT2D eigenvalue weighted by Gasteiger charge is -2.11. The van der Waals surface area contributed by atoms with E-state index in [2.05, 4.69) is 21.2 Å². The number of anilines is 3. The smallest absolute Gasteiger partial charge is 0.250 e. The van der Waals surface area contributed by atoms with Crippen LogP contribution in [0.25, 0.3) is 0 Å². The minimum Gasteiger partial charge on any atom is -0.497 e. The van der Waals surface area contributed by atoms with Crippen LogP contribution < -0.4 is 21.5 Å². The second kappa shape index (κ2) is 5.83. The molecule has 2 aromatic rings. The van der Waals surface area contributed by atoms with E-state index in [1.165, 1.54) is 0 Å². The first-order valence-corrected chi connectivity index (χ1v) is 6.60. The Morgan fingerprint density at radius 1 is 1.20 bits per heavy atom. The fourth-order valence-electron chi connectivity index (χ4n) is 1.77. The molecule has 20 heavy (non-hydrogen) atoms. The van der Waals surface area contributed by atoms with Crippen molar-refractivity contribution in [3.8, 4) is 5.75 Å². The summed E-state index contributed by atoms with van der Waals surface area (Å²) >= 11 is 3.40. The average molecular weight is 336 g/mol. The third-order valence-electron chi connectivity index (χ3n) is 2.71. The quantitative estimate of drug-likeness (QED) is 0.749. The summed E-state index contributed by atoms with van der Waals surface area (Å²) in [7, 11) is 1.60. The van der Waals surface area contributed by atoms with Gasteiger partial charge in [-0.15, -0.1) is 0 Å². The van der Waals surface area contributed by atoms with Crippen LogP contribution in [-0.4, -0.2) is 13.0 Å². The van der Waals surface area contributed by atoms with E-state index in [0.717, 1.165) is 10.2 Å². The summed E-state index contributed by atoms with van der Waals surface area (Å²) in [6, 6.07) is 10.6. The third-order valence-corrected chi connectivity index (χ3v) is 3.17. The summed E-state index contributed by atoms with van der Waals surface area (Å²) in [5.74, 6) is 0.158. The highest BCUT2D eigenvalue weighted by molar-refractivity contribution is 9.10. The van der Waals surface area contributed by atoms with Crippen LogP contribution in [0, 0.1) is 0 Å². The van der Waals surface area contributed by atoms with Crippen molar-refractivity contribution in [2.24, 2.45) is 5.73 Å². The minimum atomic E-state index is -0.557. The molecule has 1 amide bonds. The van der Waals surface area contributed by atoms with Gasteiger partial charge < -0.3 is 21.5 Å². The highest BCUT2D eigenvalue weighted by Crippen LogP contribution is 2.28. The molecule has 0 atom stereocenters. The van der Waals surface area contributed by atoms with Crippen LogP contribution >= 0.6 is 15.9 Å². The number of primary amides is 1. The first-order valence-electron chi connectivity index (χ1n) is 5.80. The molecule has 5 nitrogen and oxygen atoms in total. The number of ether oxygens (including phenoxy) is 1. The molecule has 2 rings (SSSR count). The third kappa shape index (κ3) is 3.21. The Morgan fingerprint density at radius 2 is 1.95 bits per heavy atom. The van der Waals surface area contributed by atoms with Crippen LogP contribution in [0.1, 0.15) is 10.4 Å². The maximum Gasteiger partial charge on any atom is 0.250 e. The summed E-state index contributed by atoms with van der Waals surface area (Å²) in [4.78, 5) is 11.3. The summed E-state index contributed by atoms with van der Waals surface area (Å²) in [5.41, 5.74) is 13.1. The molecule has 104 valence electrons. The first kappa shape index (κ1) is 14.2. The second-order valence-electron chi connectivity index (χ2n) is 4.17. The van der Waals surface area contributed by atoms with Gasteiger partial charge in [0.05, 0.1) is 12.7 Å². The number of carbonyl (C=O) groups excluding carboxylic acids is 1. The Hall–Kier alpha value is -2.21. The highest BCUT2D eigenvalue weighted by Gasteiger charge is 2.07. The van der Waals surface area contributed by atoms with E-state index in [4.69, 9.17) is 16.2 Å². The molecule has 0 fully saturated rings. The number of nitrogens with two attached hydrogens (primary N) is 2. The molecule has 0 aromatic heterocycles. The number of halogens is 1. The molecule has 0 aliphatic carbocycles. The van der Waals surface area contributed by atoms with Crippen LogP contribution in [0.5, 0.6) is 5.75 Å². The van der Waals surface area contributed by atoms with Crippen molar-refractivity contribution in [3.05, 3.63) is 46.4 Å². The summed E-state index contributed by atoms with van der Waals surface area (Å²) < 4.78 is 6.07. The standard InChI is InChI=1S/C14H14BrN3O2/c1-20-11-5-8(15)4-10(6-11)18-9-2-3-13(16)12(7-9)14(17)19/h2-7,18H,16H2,1H3,(H2,17,19). The van der Waals surface area contributed by atoms with Crippen LogP contribution in [0.2, 0.25) is 0 Å². The van der Waals surface area contributed by atoms with E-state index in [-0.39, 0.29) is 5.56 Å². The zero-order valence-corrected chi connectivity index (χ0v) is 12.4. The van der Waals surface area contributed by atoms with Gasteiger partial charge in [0.25, 0.3) is 5.91 Å². The molecule has 0 heterocycles. The lowest BCUT2D eigenvalue weighted by molar-refractivity contribution is 0.100. The molecular formula is C14H14BrN3O2. The maximum atomic E-state index is 11.3. The molecule has 6 heteroatoms. The van der Waals surface area contributed by atoms with E-state index in [0.29, 0.717) is 17.1 Å². The van der Waals surface area contributed by atoms with E-state index < -0.39 is 5.91 Å². The monoisotopic (exact) mass is 335 g/mol. The zero-order chi connectivity index (χ0) is 14.7. The van der Waals surface area contributed by atoms with Gasteiger partial charge >= 0.3 is 0 Å². The Bertz CT molecular complexity index is 659. The number of hydrogen-bond acceptors (Lipinski definition) is 4. The molecule has 2 aromatic carbocycles. The van der Waals surface area contributed by atoms with Crippen molar-refractivity contribution in [1.82, 2.24) is 0 Å². The van der Waals surface area contributed by atoms with Gasteiger partial charge in [0.2, 0.25) is 0 Å². The minimum absolute atomic E-state index is 0.289. The Morgan fingerprint density at radius 3 is 2.60 bits per heavy atom. The summed E-state index contributed by atoms with van der Waals surface area (Å²) in [6.07, 6.45) is 0. The van der Waals surface area contributed by atoms with Gasteiger partial charge in [-0.3, -0.25) is 4.79 Å². The highest BCUT2D eigenvalue weighted by atomic mass is 79.9. The molecule has 0 bridgehead atoms. The van der Waals surface area contributed by atoms with Crippen LogP contribution in [0.3, 0.4) is 0 Å². The average Bonchev–Trinajstić information content (AvgIpc) is 2.40. The van der Waals surface area contributed by atoms with E-state index in [1.807, 2.05) is 18.2 Å². The van der Waals surface area contributed by atoms with E-state index in [9.17, 15) is 4.79 Å². The molecule has 0 saturated heterocycles. The number of amides is 1. The largest absolute Gasteiger partial charge is 0.497 e. The molecule has 0 aliphatic heterocycles. The zero-order valence-electron chi connectivity index (χ0n) is 10.8. The van der Waals surface area contributed by atoms with Gasteiger partial charge in [0.1, 0.15) is 5.75 Å². The van der Waals surface area contributed by atoms with Crippen molar-refractivity contribution >= 4 is 38.9 Å². The SMILES string of the molecule is COc1cc(Br)cc(Nc2ccc(N)c(C(N)=O)c2)c1. The summed E-state index contributed by atoms with van der Waals surface area (Å²) in [5, 5.41) is 3.17. The number of hydrogen-bond donors (Lipinski definition) is 3. The molecule has 0 radical (unpaired) electrons. The molecule has 5 N–H and O–H groups in total. The summed E-state index contributed by atoms with van der Waals surface area (Å²) in [6.45, 7) is 0. The number of methoxy groups -OCH3 is 1. The van der Waals surface area contributed by atoms with Gasteiger partial charge in [-0.1, -0.05) is 15.9 Å². The van der Waals surface area contributed by atoms with Crippen LogP contribution in [0.4, 0.5) is 17.1 Å². The van der Waals surface area contributed by atoms with Gasteiger partial charge in [0, 0.05) is 27.6 Å². The number of benzene rings is 2. The number of nitrogens with one attached hydrogen (secondary N) is 1. The van der Waals surface area contributed by atoms with Crippen molar-refractivity contribution in [3.63, 3.8) is 0 Å². The molecule has 0 saturated carbocycles. The van der Waals surface area contributed by atoms with E-state index >= 15 is 0 Å². The van der Waals surface area contributed by atoms with Crippen molar-refractivity contribution in [1.29, 1.82) is 0 Å². The predicted molar refractivity (Wildman–Crippen MR) is 83.3 cm³/mol. The van der Waals surface area contributed by atoms with Crippen molar-refractivity contribution < 1.29 is 9.53 Å². The molecule has 0 unspecified atom stereocenters. The lowest BCUT2D eigenvalue weighted by Crippen LogP contribution is -2.13. The van der Waals surface area contributed by atoms with Gasteiger partial charge in [-0.05, 0) is 30.3 Å². The maximum absolute atomic E-state index is 11.3. The molecule has 0 aliphatic rings. The molecular weight excluding hydrogens is 322 g/mol. The van der Waals surface area contributed by atoms with Gasteiger partial charge in [-0.25, -0.2) is 0 Å². The number of carbonyl (C=O) groups is 1. The van der Waals surface area contributed by atoms with Crippen LogP contribution in [0.15, 0.2) is 40.9 Å². The van der Waals surface area contributed by atoms with Crippen molar-refractivity contribution in [2.75, 3.05) is 18.2 Å². The topological polar surface area (TPSA) is 90.4 Å². The fourth-order valence-corrected chi connectivity index (χ4v) is 2.24. The van der Waals surface area contributed by atoms with Crippen molar-refractivity contribution in [2.45, 2.75) is 0 Å². The Balaban J connectivity index is 2.32. The fraction of sp³-hybridized carbons (Fsp3) is 0.0714. The van der Waals surface area contributed by atoms with E-state index in [1.54, 1.807) is 25.3 Å². The normalized spacial score (nSPS) is 10.1. The first-order chi connectivity index (χ1) is 9.49. The number of rotatable bonds is 4. The van der Waals surface area contributed by atoms with Gasteiger partial charge in [0.15, 0.2) is 0 Å². The lowest BCUT2D eigenvalue weighted by atomic mass is 10.1. The predicted octanol–water partition coefficient (Wildman–Crippen LogP) is 2.88. The van der Waals surface area contributed by atoms with Gasteiger partial charge in [-0.2, -0.15) is 0 Å². The second-order valence-corrected chi connectivity index (χ2v) is 5.09. The Kier molecular flexibility index (Phi) is 4.14. The Labute approximate surface area is 125 Å². The van der Waals surface area contributed by atoms with Crippen LogP contribution in [-0.2, 0) is 0 Å².